The van der Waals surface area contributed by atoms with Gasteiger partial charge in [0.25, 0.3) is 5.91 Å². The molecule has 1 aliphatic rings. The van der Waals surface area contributed by atoms with Crippen molar-refractivity contribution in [3.8, 4) is 16.9 Å². The zero-order valence-corrected chi connectivity index (χ0v) is 19.3. The zero-order valence-electron chi connectivity index (χ0n) is 19.3. The number of likely N-dealkylation sites (tertiary alicyclic amines) is 1. The highest BCUT2D eigenvalue weighted by Crippen LogP contribution is 2.30. The minimum absolute atomic E-state index is 0.0123. The van der Waals surface area contributed by atoms with Crippen molar-refractivity contribution in [3.05, 3.63) is 89.7 Å². The predicted molar refractivity (Wildman–Crippen MR) is 130 cm³/mol. The first-order chi connectivity index (χ1) is 16.5. The van der Waals surface area contributed by atoms with Crippen LogP contribution in [-0.4, -0.2) is 43.5 Å². The second-order valence-corrected chi connectivity index (χ2v) is 8.51. The van der Waals surface area contributed by atoms with Gasteiger partial charge in [-0.25, -0.2) is 4.39 Å². The number of halogens is 1. The third-order valence-corrected chi connectivity index (χ3v) is 6.33. The molecule has 4 rings (SSSR count). The third kappa shape index (κ3) is 5.63. The monoisotopic (exact) mass is 460 g/mol. The van der Waals surface area contributed by atoms with E-state index in [-0.39, 0.29) is 23.5 Å². The summed E-state index contributed by atoms with van der Waals surface area (Å²) in [5.41, 5.74) is 3.60. The van der Waals surface area contributed by atoms with Crippen LogP contribution in [0, 0.1) is 11.7 Å². The van der Waals surface area contributed by atoms with E-state index in [1.807, 2.05) is 53.4 Å². The molecule has 0 aromatic heterocycles. The summed E-state index contributed by atoms with van der Waals surface area (Å²) in [4.78, 5) is 27.3. The first-order valence-electron chi connectivity index (χ1n) is 11.6. The molecule has 1 saturated heterocycles. The highest BCUT2D eigenvalue weighted by atomic mass is 19.1. The average Bonchev–Trinajstić information content (AvgIpc) is 2.89. The summed E-state index contributed by atoms with van der Waals surface area (Å²) < 4.78 is 18.4. The zero-order chi connectivity index (χ0) is 23.9. The maximum atomic E-state index is 13.0. The van der Waals surface area contributed by atoms with Crippen molar-refractivity contribution in [3.63, 3.8) is 0 Å². The minimum atomic E-state index is -0.263. The van der Waals surface area contributed by atoms with E-state index in [2.05, 4.69) is 5.32 Å². The van der Waals surface area contributed by atoms with Crippen molar-refractivity contribution in [2.45, 2.75) is 19.3 Å². The largest absolute Gasteiger partial charge is 0.496 e. The molecule has 0 radical (unpaired) electrons. The van der Waals surface area contributed by atoms with Crippen molar-refractivity contribution in [2.75, 3.05) is 26.7 Å². The van der Waals surface area contributed by atoms with E-state index in [0.717, 1.165) is 22.4 Å². The summed E-state index contributed by atoms with van der Waals surface area (Å²) in [6.07, 6.45) is 1.95. The van der Waals surface area contributed by atoms with Crippen LogP contribution in [0.15, 0.2) is 72.8 Å². The molecule has 0 saturated carbocycles. The maximum Gasteiger partial charge on any atom is 0.253 e. The molecule has 5 nitrogen and oxygen atoms in total. The second-order valence-electron chi connectivity index (χ2n) is 8.51. The topological polar surface area (TPSA) is 58.6 Å². The summed E-state index contributed by atoms with van der Waals surface area (Å²) in [5.74, 6) is 0.448. The van der Waals surface area contributed by atoms with E-state index < -0.39 is 0 Å². The quantitative estimate of drug-likeness (QED) is 0.556. The molecule has 1 heterocycles. The summed E-state index contributed by atoms with van der Waals surface area (Å²) in [6.45, 7) is 1.63. The Morgan fingerprint density at radius 3 is 2.32 bits per heavy atom. The number of benzene rings is 3. The number of nitrogens with zero attached hydrogens (tertiary/aromatic N) is 1. The molecular weight excluding hydrogens is 431 g/mol. The summed E-state index contributed by atoms with van der Waals surface area (Å²) in [6, 6.07) is 21.7. The van der Waals surface area contributed by atoms with Gasteiger partial charge in [0.1, 0.15) is 11.6 Å². The van der Waals surface area contributed by atoms with Crippen molar-refractivity contribution in [1.82, 2.24) is 10.2 Å². The van der Waals surface area contributed by atoms with Gasteiger partial charge in [-0.1, -0.05) is 42.5 Å². The normalized spacial score (nSPS) is 14.0. The molecule has 0 spiro atoms. The fourth-order valence-corrected chi connectivity index (χ4v) is 4.33. The smallest absolute Gasteiger partial charge is 0.253 e. The van der Waals surface area contributed by atoms with Gasteiger partial charge < -0.3 is 15.0 Å². The van der Waals surface area contributed by atoms with Gasteiger partial charge in [-0.2, -0.15) is 0 Å². The number of para-hydroxylation sites is 1. The van der Waals surface area contributed by atoms with Gasteiger partial charge in [0.05, 0.1) is 7.11 Å². The van der Waals surface area contributed by atoms with Gasteiger partial charge in [0, 0.05) is 36.7 Å². The van der Waals surface area contributed by atoms with Crippen LogP contribution in [-0.2, 0) is 11.2 Å². The van der Waals surface area contributed by atoms with Gasteiger partial charge in [-0.3, -0.25) is 9.59 Å². The van der Waals surface area contributed by atoms with Crippen LogP contribution in [0.2, 0.25) is 0 Å². The summed E-state index contributed by atoms with van der Waals surface area (Å²) in [5, 5.41) is 2.98. The predicted octanol–water partition coefficient (Wildman–Crippen LogP) is 4.71. The number of nitrogens with one attached hydrogen (secondary N) is 1. The fourth-order valence-electron chi connectivity index (χ4n) is 4.33. The lowest BCUT2D eigenvalue weighted by molar-refractivity contribution is -0.126. The number of carbonyl (C=O) groups excluding carboxylic acids is 2. The minimum Gasteiger partial charge on any atom is -0.496 e. The molecule has 176 valence electrons. The van der Waals surface area contributed by atoms with E-state index in [9.17, 15) is 14.0 Å². The van der Waals surface area contributed by atoms with Gasteiger partial charge in [-0.05, 0) is 60.7 Å². The van der Waals surface area contributed by atoms with Crippen LogP contribution in [0.5, 0.6) is 5.75 Å². The maximum absolute atomic E-state index is 13.0. The summed E-state index contributed by atoms with van der Waals surface area (Å²) in [7, 11) is 1.65. The van der Waals surface area contributed by atoms with E-state index in [4.69, 9.17) is 4.74 Å². The molecule has 3 aromatic carbocycles. The van der Waals surface area contributed by atoms with Crippen molar-refractivity contribution >= 4 is 11.8 Å². The van der Waals surface area contributed by atoms with Crippen LogP contribution in [0.1, 0.15) is 28.8 Å². The number of piperidine rings is 1. The highest BCUT2D eigenvalue weighted by molar-refractivity contribution is 5.95. The number of methoxy groups -OCH3 is 1. The Kier molecular flexibility index (Phi) is 7.58. The second kappa shape index (κ2) is 11.0. The molecular formula is C28H29FN2O3. The number of amides is 2. The molecule has 1 fully saturated rings. The fraction of sp³-hybridized carbons (Fsp3) is 0.286. The molecule has 1 aliphatic heterocycles. The molecule has 0 bridgehead atoms. The van der Waals surface area contributed by atoms with Gasteiger partial charge in [0.15, 0.2) is 0 Å². The molecule has 0 aliphatic carbocycles. The van der Waals surface area contributed by atoms with E-state index in [0.29, 0.717) is 44.5 Å². The third-order valence-electron chi connectivity index (χ3n) is 6.33. The van der Waals surface area contributed by atoms with Crippen LogP contribution < -0.4 is 10.1 Å². The van der Waals surface area contributed by atoms with Crippen molar-refractivity contribution in [2.24, 2.45) is 5.92 Å². The van der Waals surface area contributed by atoms with Gasteiger partial charge >= 0.3 is 0 Å². The average molecular weight is 461 g/mol. The molecule has 3 aromatic rings. The number of rotatable bonds is 7. The van der Waals surface area contributed by atoms with Crippen molar-refractivity contribution in [1.29, 1.82) is 0 Å². The van der Waals surface area contributed by atoms with Crippen LogP contribution in [0.3, 0.4) is 0 Å². The lowest BCUT2D eigenvalue weighted by Gasteiger charge is -2.31. The molecule has 1 N–H and O–H groups in total. The molecule has 6 heteroatoms. The van der Waals surface area contributed by atoms with Crippen LogP contribution in [0.25, 0.3) is 11.1 Å². The molecule has 2 amide bonds. The first kappa shape index (κ1) is 23.5. The van der Waals surface area contributed by atoms with E-state index >= 15 is 0 Å². The highest BCUT2D eigenvalue weighted by Gasteiger charge is 2.27. The summed E-state index contributed by atoms with van der Waals surface area (Å²) >= 11 is 0. The number of hydrogen-bond acceptors (Lipinski definition) is 3. The standard InChI is InChI=1S/C28H29FN2O3/c1-34-26-5-3-2-4-25(26)21-8-10-23(11-9-21)28(33)31-18-15-22(16-19-31)27(32)30-17-14-20-6-12-24(29)13-7-20/h2-13,22H,14-19H2,1H3,(H,30,32). The van der Waals surface area contributed by atoms with Gasteiger partial charge in [0.2, 0.25) is 5.91 Å². The molecule has 0 atom stereocenters. The Morgan fingerprint density at radius 2 is 1.65 bits per heavy atom. The Labute approximate surface area is 199 Å². The lowest BCUT2D eigenvalue weighted by Crippen LogP contribution is -2.43. The lowest BCUT2D eigenvalue weighted by atomic mass is 9.95. The Hall–Kier alpha value is -3.67. The number of ether oxygens (including phenoxy) is 1. The Morgan fingerprint density at radius 1 is 0.971 bits per heavy atom. The van der Waals surface area contributed by atoms with Crippen LogP contribution in [0.4, 0.5) is 4.39 Å². The molecule has 0 unspecified atom stereocenters. The van der Waals surface area contributed by atoms with Crippen LogP contribution >= 0.6 is 0 Å². The van der Waals surface area contributed by atoms with Crippen molar-refractivity contribution < 1.29 is 18.7 Å². The van der Waals surface area contributed by atoms with E-state index in [1.54, 1.807) is 19.2 Å². The Bertz CT molecular complexity index is 1120. The number of hydrogen-bond donors (Lipinski definition) is 1. The molecule has 34 heavy (non-hydrogen) atoms. The first-order valence-corrected chi connectivity index (χ1v) is 11.6. The number of carbonyl (C=O) groups is 2. The SMILES string of the molecule is COc1ccccc1-c1ccc(C(=O)N2CCC(C(=O)NCCc3ccc(F)cc3)CC2)cc1. The van der Waals surface area contributed by atoms with Gasteiger partial charge in [-0.15, -0.1) is 0 Å². The van der Waals surface area contributed by atoms with E-state index in [1.165, 1.54) is 12.1 Å². The Balaban J connectivity index is 1.27.